The zero-order chi connectivity index (χ0) is 12.5. The molecule has 0 aliphatic heterocycles. The smallest absolute Gasteiger partial charge is 0.115 e. The van der Waals surface area contributed by atoms with Crippen molar-refractivity contribution in [1.29, 1.82) is 0 Å². The highest BCUT2D eigenvalue weighted by Gasteiger charge is 2.09. The Morgan fingerprint density at radius 2 is 1.89 bits per heavy atom. The Morgan fingerprint density at radius 1 is 1.11 bits per heavy atom. The molecule has 0 spiro atoms. The second-order valence-electron chi connectivity index (χ2n) is 4.16. The molecule has 3 rings (SSSR count). The quantitative estimate of drug-likeness (QED) is 0.642. The van der Waals surface area contributed by atoms with E-state index in [-0.39, 0.29) is 5.75 Å². The van der Waals surface area contributed by atoms with Crippen LogP contribution in [-0.2, 0) is 6.54 Å². The first-order valence-corrected chi connectivity index (χ1v) is 5.75. The number of benzene rings is 2. The zero-order valence-corrected chi connectivity index (χ0v) is 9.72. The van der Waals surface area contributed by atoms with E-state index in [2.05, 4.69) is 10.2 Å². The van der Waals surface area contributed by atoms with Gasteiger partial charge in [-0.2, -0.15) is 5.10 Å². The second kappa shape index (κ2) is 4.16. The van der Waals surface area contributed by atoms with Crippen LogP contribution in [0, 0.1) is 0 Å². The van der Waals surface area contributed by atoms with Crippen LogP contribution in [0.1, 0.15) is 5.56 Å². The van der Waals surface area contributed by atoms with Gasteiger partial charge in [-0.1, -0.05) is 18.2 Å². The second-order valence-corrected chi connectivity index (χ2v) is 4.16. The Bertz CT molecular complexity index is 686. The number of nitrogens with one attached hydrogen (secondary N) is 1. The molecule has 1 aromatic heterocycles. The van der Waals surface area contributed by atoms with Gasteiger partial charge in [0.25, 0.3) is 0 Å². The summed E-state index contributed by atoms with van der Waals surface area (Å²) in [5.74, 6) is 0.255. The van der Waals surface area contributed by atoms with Crippen molar-refractivity contribution in [2.24, 2.45) is 5.73 Å². The van der Waals surface area contributed by atoms with E-state index in [1.165, 1.54) is 0 Å². The lowest BCUT2D eigenvalue weighted by Gasteiger charge is -2.00. The van der Waals surface area contributed by atoms with Gasteiger partial charge in [0.15, 0.2) is 0 Å². The van der Waals surface area contributed by atoms with Crippen LogP contribution in [0.4, 0.5) is 0 Å². The molecule has 0 aliphatic carbocycles. The SMILES string of the molecule is NCc1cccc2c(-c3ccc(O)cc3)[nH]nc12. The van der Waals surface area contributed by atoms with Gasteiger partial charge in [0.2, 0.25) is 0 Å². The molecule has 0 atom stereocenters. The minimum absolute atomic E-state index is 0.255. The number of hydrogen-bond donors (Lipinski definition) is 3. The number of aromatic nitrogens is 2. The first kappa shape index (κ1) is 10.8. The van der Waals surface area contributed by atoms with E-state index in [0.29, 0.717) is 6.54 Å². The molecule has 4 nitrogen and oxygen atoms in total. The lowest BCUT2D eigenvalue weighted by molar-refractivity contribution is 0.475. The first-order valence-electron chi connectivity index (χ1n) is 5.75. The van der Waals surface area contributed by atoms with Crippen molar-refractivity contribution in [3.63, 3.8) is 0 Å². The number of H-pyrrole nitrogens is 1. The Hall–Kier alpha value is -2.33. The van der Waals surface area contributed by atoms with E-state index in [0.717, 1.165) is 27.7 Å². The summed E-state index contributed by atoms with van der Waals surface area (Å²) in [5, 5.41) is 17.7. The number of aromatic amines is 1. The molecule has 0 saturated carbocycles. The number of hydrogen-bond acceptors (Lipinski definition) is 3. The molecule has 0 aliphatic rings. The van der Waals surface area contributed by atoms with Gasteiger partial charge in [-0.15, -0.1) is 0 Å². The van der Waals surface area contributed by atoms with E-state index in [4.69, 9.17) is 5.73 Å². The minimum Gasteiger partial charge on any atom is -0.508 e. The summed E-state index contributed by atoms with van der Waals surface area (Å²) in [4.78, 5) is 0. The summed E-state index contributed by atoms with van der Waals surface area (Å²) in [6.45, 7) is 0.469. The molecular formula is C14H13N3O. The average molecular weight is 239 g/mol. The number of para-hydroxylation sites is 1. The van der Waals surface area contributed by atoms with E-state index in [1.54, 1.807) is 12.1 Å². The maximum Gasteiger partial charge on any atom is 0.115 e. The van der Waals surface area contributed by atoms with Crippen LogP contribution in [0.2, 0.25) is 0 Å². The number of nitrogens with two attached hydrogens (primary N) is 1. The molecular weight excluding hydrogens is 226 g/mol. The molecule has 18 heavy (non-hydrogen) atoms. The van der Waals surface area contributed by atoms with E-state index in [1.807, 2.05) is 30.3 Å². The summed E-state index contributed by atoms with van der Waals surface area (Å²) in [6, 6.07) is 13.0. The molecule has 90 valence electrons. The molecule has 3 aromatic rings. The van der Waals surface area contributed by atoms with Crippen molar-refractivity contribution in [3.8, 4) is 17.0 Å². The molecule has 2 aromatic carbocycles. The van der Waals surface area contributed by atoms with Crippen LogP contribution in [0.15, 0.2) is 42.5 Å². The van der Waals surface area contributed by atoms with E-state index in [9.17, 15) is 5.11 Å². The Morgan fingerprint density at radius 3 is 2.61 bits per heavy atom. The topological polar surface area (TPSA) is 74.9 Å². The molecule has 0 fully saturated rings. The summed E-state index contributed by atoms with van der Waals surface area (Å²) >= 11 is 0. The van der Waals surface area contributed by atoms with Crippen molar-refractivity contribution in [2.75, 3.05) is 0 Å². The largest absolute Gasteiger partial charge is 0.508 e. The highest BCUT2D eigenvalue weighted by molar-refractivity contribution is 5.94. The summed E-state index contributed by atoms with van der Waals surface area (Å²) < 4.78 is 0. The zero-order valence-electron chi connectivity index (χ0n) is 9.72. The number of nitrogens with zero attached hydrogens (tertiary/aromatic N) is 1. The van der Waals surface area contributed by atoms with Gasteiger partial charge in [-0.3, -0.25) is 5.10 Å². The van der Waals surface area contributed by atoms with Gasteiger partial charge >= 0.3 is 0 Å². The Labute approximate surface area is 104 Å². The Balaban J connectivity index is 2.21. The van der Waals surface area contributed by atoms with E-state index >= 15 is 0 Å². The van der Waals surface area contributed by atoms with Gasteiger partial charge in [0.05, 0.1) is 11.2 Å². The Kier molecular flexibility index (Phi) is 2.50. The fourth-order valence-corrected chi connectivity index (χ4v) is 2.11. The standard InChI is InChI=1S/C14H13N3O/c15-8-10-2-1-3-12-13(16-17-14(10)12)9-4-6-11(18)7-5-9/h1-7,18H,8,15H2,(H,16,17). The lowest BCUT2D eigenvalue weighted by atomic mass is 10.1. The monoisotopic (exact) mass is 239 g/mol. The lowest BCUT2D eigenvalue weighted by Crippen LogP contribution is -1.96. The summed E-state index contributed by atoms with van der Waals surface area (Å²) in [7, 11) is 0. The average Bonchev–Trinajstić information content (AvgIpc) is 2.83. The minimum atomic E-state index is 0.255. The normalized spacial score (nSPS) is 10.9. The van der Waals surface area contributed by atoms with Crippen LogP contribution in [0.25, 0.3) is 22.2 Å². The van der Waals surface area contributed by atoms with Crippen molar-refractivity contribution >= 4 is 10.9 Å². The molecule has 0 bridgehead atoms. The van der Waals surface area contributed by atoms with Crippen molar-refractivity contribution < 1.29 is 5.11 Å². The van der Waals surface area contributed by atoms with Gasteiger partial charge in [-0.05, 0) is 29.8 Å². The predicted octanol–water partition coefficient (Wildman–Crippen LogP) is 2.39. The molecule has 0 saturated heterocycles. The van der Waals surface area contributed by atoms with Crippen molar-refractivity contribution in [2.45, 2.75) is 6.54 Å². The number of rotatable bonds is 2. The van der Waals surface area contributed by atoms with Gasteiger partial charge in [-0.25, -0.2) is 0 Å². The highest BCUT2D eigenvalue weighted by Crippen LogP contribution is 2.28. The number of fused-ring (bicyclic) bond motifs is 1. The maximum atomic E-state index is 9.31. The van der Waals surface area contributed by atoms with Crippen LogP contribution < -0.4 is 5.73 Å². The van der Waals surface area contributed by atoms with Crippen LogP contribution in [-0.4, -0.2) is 15.3 Å². The van der Waals surface area contributed by atoms with Crippen molar-refractivity contribution in [1.82, 2.24) is 10.2 Å². The fourth-order valence-electron chi connectivity index (χ4n) is 2.11. The summed E-state index contributed by atoms with van der Waals surface area (Å²) in [6.07, 6.45) is 0. The maximum absolute atomic E-state index is 9.31. The molecule has 0 amide bonds. The highest BCUT2D eigenvalue weighted by atomic mass is 16.3. The molecule has 0 unspecified atom stereocenters. The van der Waals surface area contributed by atoms with Crippen molar-refractivity contribution in [3.05, 3.63) is 48.0 Å². The molecule has 0 radical (unpaired) electrons. The van der Waals surface area contributed by atoms with Crippen LogP contribution in [0.3, 0.4) is 0 Å². The number of aromatic hydroxyl groups is 1. The van der Waals surface area contributed by atoms with Crippen LogP contribution >= 0.6 is 0 Å². The van der Waals surface area contributed by atoms with Crippen LogP contribution in [0.5, 0.6) is 5.75 Å². The van der Waals surface area contributed by atoms with Gasteiger partial charge in [0, 0.05) is 17.5 Å². The predicted molar refractivity (Wildman–Crippen MR) is 71.1 cm³/mol. The molecule has 4 heteroatoms. The number of phenolic OH excluding ortho intramolecular Hbond substituents is 1. The third-order valence-electron chi connectivity index (χ3n) is 3.04. The fraction of sp³-hybridized carbons (Fsp3) is 0.0714. The van der Waals surface area contributed by atoms with E-state index < -0.39 is 0 Å². The first-order chi connectivity index (χ1) is 8.79. The summed E-state index contributed by atoms with van der Waals surface area (Å²) in [5.41, 5.74) is 9.56. The molecule has 1 heterocycles. The van der Waals surface area contributed by atoms with Gasteiger partial charge < -0.3 is 10.8 Å². The third-order valence-corrected chi connectivity index (χ3v) is 3.04. The van der Waals surface area contributed by atoms with Gasteiger partial charge in [0.1, 0.15) is 5.75 Å². The molecule has 4 N–H and O–H groups in total. The third kappa shape index (κ3) is 1.63. The number of phenols is 1.